The van der Waals surface area contributed by atoms with Crippen LogP contribution in [0.4, 0.5) is 10.5 Å². The fourth-order valence-corrected chi connectivity index (χ4v) is 3.41. The Morgan fingerprint density at radius 2 is 2.14 bits per heavy atom. The van der Waals surface area contributed by atoms with Gasteiger partial charge in [-0.15, -0.1) is 0 Å². The van der Waals surface area contributed by atoms with Crippen molar-refractivity contribution in [3.05, 3.63) is 23.4 Å². The molecule has 2 saturated heterocycles. The van der Waals surface area contributed by atoms with Gasteiger partial charge in [-0.1, -0.05) is 11.6 Å². The number of fused-ring (bicyclic) bond motifs is 1. The highest BCUT2D eigenvalue weighted by molar-refractivity contribution is 6.31. The molecule has 0 radical (unpaired) electrons. The van der Waals surface area contributed by atoms with Crippen molar-refractivity contribution in [3.8, 4) is 0 Å². The first kappa shape index (κ1) is 12.8. The van der Waals surface area contributed by atoms with Crippen LogP contribution in [0, 0.1) is 0 Å². The summed E-state index contributed by atoms with van der Waals surface area (Å²) in [5.74, 6) is 0. The highest BCUT2D eigenvalue weighted by Gasteiger charge is 2.43. The van der Waals surface area contributed by atoms with E-state index in [2.05, 4.69) is 20.4 Å². The molecular formula is C14H15ClN4O2. The molecule has 2 fully saturated rings. The summed E-state index contributed by atoms with van der Waals surface area (Å²) in [7, 11) is 0. The number of hydrogen-bond donors (Lipinski definition) is 2. The zero-order valence-electron chi connectivity index (χ0n) is 11.4. The molecule has 1 spiro atoms. The van der Waals surface area contributed by atoms with E-state index in [1.807, 2.05) is 18.3 Å². The van der Waals surface area contributed by atoms with Gasteiger partial charge in [0.1, 0.15) is 5.60 Å². The SMILES string of the molecule is O=C1NCC2(CCN(c3cc(Cl)cc4[nH]ncc34)CC2)O1. The third-order valence-corrected chi connectivity index (χ3v) is 4.60. The maximum absolute atomic E-state index is 11.3. The maximum Gasteiger partial charge on any atom is 0.407 e. The van der Waals surface area contributed by atoms with Crippen LogP contribution in [0.25, 0.3) is 10.9 Å². The fraction of sp³-hybridized carbons (Fsp3) is 0.429. The van der Waals surface area contributed by atoms with Crippen molar-refractivity contribution >= 4 is 34.3 Å². The number of halogens is 1. The number of carbonyl (C=O) groups excluding carboxylic acids is 1. The van der Waals surface area contributed by atoms with Gasteiger partial charge in [0.25, 0.3) is 0 Å². The van der Waals surface area contributed by atoms with Gasteiger partial charge in [0.05, 0.1) is 18.3 Å². The first-order chi connectivity index (χ1) is 10.2. The number of hydrogen-bond acceptors (Lipinski definition) is 4. The monoisotopic (exact) mass is 306 g/mol. The lowest BCUT2D eigenvalue weighted by atomic mass is 9.91. The van der Waals surface area contributed by atoms with E-state index in [0.717, 1.165) is 42.5 Å². The van der Waals surface area contributed by atoms with Crippen LogP contribution in [-0.4, -0.2) is 41.5 Å². The number of piperidine rings is 1. The minimum Gasteiger partial charge on any atom is -0.441 e. The fourth-order valence-electron chi connectivity index (χ4n) is 3.20. The van der Waals surface area contributed by atoms with Crippen LogP contribution in [0.15, 0.2) is 18.3 Å². The Morgan fingerprint density at radius 3 is 2.86 bits per heavy atom. The molecule has 7 heteroatoms. The average Bonchev–Trinajstić information content (AvgIpc) is 3.06. The summed E-state index contributed by atoms with van der Waals surface area (Å²) in [6, 6.07) is 3.85. The number of amides is 1. The smallest absolute Gasteiger partial charge is 0.407 e. The van der Waals surface area contributed by atoms with E-state index in [0.29, 0.717) is 11.6 Å². The Hall–Kier alpha value is -1.95. The molecule has 2 aliphatic heterocycles. The summed E-state index contributed by atoms with van der Waals surface area (Å²) in [5.41, 5.74) is 1.69. The van der Waals surface area contributed by atoms with E-state index >= 15 is 0 Å². The number of ether oxygens (including phenoxy) is 1. The van der Waals surface area contributed by atoms with Crippen molar-refractivity contribution in [1.82, 2.24) is 15.5 Å². The minimum atomic E-state index is -0.332. The zero-order valence-corrected chi connectivity index (χ0v) is 12.1. The summed E-state index contributed by atoms with van der Waals surface area (Å²) in [6.07, 6.45) is 3.15. The molecule has 0 unspecified atom stereocenters. The van der Waals surface area contributed by atoms with E-state index in [4.69, 9.17) is 16.3 Å². The molecule has 0 saturated carbocycles. The van der Waals surface area contributed by atoms with Gasteiger partial charge in [0.2, 0.25) is 0 Å². The molecule has 2 aliphatic rings. The molecule has 2 N–H and O–H groups in total. The third-order valence-electron chi connectivity index (χ3n) is 4.38. The molecule has 0 bridgehead atoms. The predicted octanol–water partition coefficient (Wildman–Crippen LogP) is 2.30. The van der Waals surface area contributed by atoms with E-state index < -0.39 is 0 Å². The largest absolute Gasteiger partial charge is 0.441 e. The molecule has 0 aliphatic carbocycles. The summed E-state index contributed by atoms with van der Waals surface area (Å²) in [6.45, 7) is 2.27. The first-order valence-electron chi connectivity index (χ1n) is 7.00. The number of nitrogens with one attached hydrogen (secondary N) is 2. The van der Waals surface area contributed by atoms with Gasteiger partial charge in [-0.05, 0) is 12.1 Å². The van der Waals surface area contributed by atoms with Crippen LogP contribution in [-0.2, 0) is 4.74 Å². The molecular weight excluding hydrogens is 292 g/mol. The summed E-state index contributed by atoms with van der Waals surface area (Å²) in [4.78, 5) is 13.6. The number of carbonyl (C=O) groups is 1. The number of nitrogens with zero attached hydrogens (tertiary/aromatic N) is 2. The van der Waals surface area contributed by atoms with Gasteiger partial charge in [-0.25, -0.2) is 4.79 Å². The Bertz CT molecular complexity index is 706. The number of aromatic nitrogens is 2. The number of rotatable bonds is 1. The average molecular weight is 307 g/mol. The van der Waals surface area contributed by atoms with E-state index in [1.165, 1.54) is 0 Å². The van der Waals surface area contributed by atoms with E-state index in [9.17, 15) is 4.79 Å². The Kier molecular flexibility index (Phi) is 2.75. The van der Waals surface area contributed by atoms with Crippen LogP contribution in [0.1, 0.15) is 12.8 Å². The highest BCUT2D eigenvalue weighted by atomic mass is 35.5. The van der Waals surface area contributed by atoms with Crippen molar-refractivity contribution < 1.29 is 9.53 Å². The lowest BCUT2D eigenvalue weighted by Crippen LogP contribution is -2.46. The van der Waals surface area contributed by atoms with E-state index in [-0.39, 0.29) is 11.7 Å². The molecule has 0 atom stereocenters. The quantitative estimate of drug-likeness (QED) is 0.848. The zero-order chi connectivity index (χ0) is 14.4. The number of H-pyrrole nitrogens is 1. The molecule has 2 aromatic rings. The van der Waals surface area contributed by atoms with Gasteiger partial charge in [-0.2, -0.15) is 5.10 Å². The normalized spacial score (nSPS) is 20.8. The molecule has 3 heterocycles. The molecule has 6 nitrogen and oxygen atoms in total. The van der Waals surface area contributed by atoms with Gasteiger partial charge in [-0.3, -0.25) is 5.10 Å². The third kappa shape index (κ3) is 2.10. The predicted molar refractivity (Wildman–Crippen MR) is 79.8 cm³/mol. The maximum atomic E-state index is 11.3. The lowest BCUT2D eigenvalue weighted by Gasteiger charge is -2.38. The highest BCUT2D eigenvalue weighted by Crippen LogP contribution is 2.35. The van der Waals surface area contributed by atoms with Crippen LogP contribution in [0.5, 0.6) is 0 Å². The number of benzene rings is 1. The molecule has 1 aromatic heterocycles. The number of anilines is 1. The van der Waals surface area contributed by atoms with Crippen LogP contribution in [0.2, 0.25) is 5.02 Å². The summed E-state index contributed by atoms with van der Waals surface area (Å²) >= 11 is 6.19. The van der Waals surface area contributed by atoms with Gasteiger partial charge < -0.3 is 15.0 Å². The summed E-state index contributed by atoms with van der Waals surface area (Å²) in [5, 5.41) is 11.6. The summed E-state index contributed by atoms with van der Waals surface area (Å²) < 4.78 is 5.45. The van der Waals surface area contributed by atoms with Crippen molar-refractivity contribution in [3.63, 3.8) is 0 Å². The van der Waals surface area contributed by atoms with Gasteiger partial charge in [0, 0.05) is 42.0 Å². The number of alkyl carbamates (subject to hydrolysis) is 1. The van der Waals surface area contributed by atoms with Crippen LogP contribution >= 0.6 is 11.6 Å². The second kappa shape index (κ2) is 4.53. The lowest BCUT2D eigenvalue weighted by molar-refractivity contribution is 0.0367. The molecule has 21 heavy (non-hydrogen) atoms. The first-order valence-corrected chi connectivity index (χ1v) is 7.37. The molecule has 1 amide bonds. The topological polar surface area (TPSA) is 70.2 Å². The number of aromatic amines is 1. The van der Waals surface area contributed by atoms with Crippen molar-refractivity contribution in [2.45, 2.75) is 18.4 Å². The Balaban J connectivity index is 1.60. The Labute approximate surface area is 126 Å². The van der Waals surface area contributed by atoms with Crippen molar-refractivity contribution in [2.24, 2.45) is 0 Å². The molecule has 1 aromatic carbocycles. The van der Waals surface area contributed by atoms with Crippen LogP contribution < -0.4 is 10.2 Å². The Morgan fingerprint density at radius 1 is 1.33 bits per heavy atom. The van der Waals surface area contributed by atoms with Crippen molar-refractivity contribution in [1.29, 1.82) is 0 Å². The molecule has 110 valence electrons. The minimum absolute atomic E-state index is 0.302. The van der Waals surface area contributed by atoms with Crippen molar-refractivity contribution in [2.75, 3.05) is 24.5 Å². The molecule has 4 rings (SSSR count). The van der Waals surface area contributed by atoms with E-state index in [1.54, 1.807) is 0 Å². The second-order valence-electron chi connectivity index (χ2n) is 5.67. The van der Waals surface area contributed by atoms with Gasteiger partial charge in [0.15, 0.2) is 0 Å². The van der Waals surface area contributed by atoms with Crippen LogP contribution in [0.3, 0.4) is 0 Å². The standard InChI is InChI=1S/C14H15ClN4O2/c15-9-5-11-10(7-17-18-11)12(6-9)19-3-1-14(2-4-19)8-16-13(20)21-14/h5-7H,1-4,8H2,(H,16,20)(H,17,18). The van der Waals surface area contributed by atoms with Gasteiger partial charge >= 0.3 is 6.09 Å². The second-order valence-corrected chi connectivity index (χ2v) is 6.11.